The Morgan fingerprint density at radius 1 is 1.14 bits per heavy atom. The highest BCUT2D eigenvalue weighted by Gasteiger charge is 2.45. The average molecular weight is 284 g/mol. The van der Waals surface area contributed by atoms with E-state index in [1.165, 1.54) is 0 Å². The van der Waals surface area contributed by atoms with Gasteiger partial charge in [0, 0.05) is 23.6 Å². The van der Waals surface area contributed by atoms with Crippen LogP contribution in [0.4, 0.5) is 0 Å². The number of carboxylic acid groups (broad SMARTS) is 1. The molecule has 0 atom stereocenters. The van der Waals surface area contributed by atoms with E-state index >= 15 is 0 Å². The molecule has 1 amide bonds. The molecule has 1 saturated carbocycles. The lowest BCUT2D eigenvalue weighted by Gasteiger charge is -2.38. The second-order valence-electron chi connectivity index (χ2n) is 5.34. The van der Waals surface area contributed by atoms with Gasteiger partial charge in [-0.1, -0.05) is 6.07 Å². The van der Waals surface area contributed by atoms with Gasteiger partial charge in [0.1, 0.15) is 5.54 Å². The Morgan fingerprint density at radius 2 is 1.86 bits per heavy atom. The minimum atomic E-state index is -1.08. The molecule has 1 aliphatic rings. The number of carboxylic acids is 1. The molecule has 21 heavy (non-hydrogen) atoms. The molecule has 1 aliphatic carbocycles. The van der Waals surface area contributed by atoms with Crippen molar-refractivity contribution in [1.82, 2.24) is 9.88 Å². The number of nitrogens with zero attached hydrogens (tertiary/aromatic N) is 1. The molecular weight excluding hydrogens is 268 g/mol. The third kappa shape index (κ3) is 2.42. The standard InChI is InChI=1S/C16H16N2O3/c19-14(17-16(15(20)21)7-4-8-16)12-5-3-6-13(11-12)18-9-1-2-10-18/h1-3,5-6,9-11H,4,7-8H2,(H,17,19)(H,20,21). The maximum absolute atomic E-state index is 12.3. The van der Waals surface area contributed by atoms with E-state index in [1.807, 2.05) is 35.2 Å². The van der Waals surface area contributed by atoms with Crippen molar-refractivity contribution >= 4 is 11.9 Å². The van der Waals surface area contributed by atoms with Crippen molar-refractivity contribution in [3.05, 3.63) is 54.4 Å². The summed E-state index contributed by atoms with van der Waals surface area (Å²) >= 11 is 0. The molecule has 0 saturated heterocycles. The van der Waals surface area contributed by atoms with Crippen LogP contribution in [0.5, 0.6) is 0 Å². The van der Waals surface area contributed by atoms with Gasteiger partial charge >= 0.3 is 5.97 Å². The van der Waals surface area contributed by atoms with Crippen LogP contribution in [-0.2, 0) is 4.79 Å². The van der Waals surface area contributed by atoms with E-state index in [0.29, 0.717) is 18.4 Å². The van der Waals surface area contributed by atoms with Gasteiger partial charge in [0.15, 0.2) is 0 Å². The van der Waals surface area contributed by atoms with Crippen molar-refractivity contribution in [2.45, 2.75) is 24.8 Å². The highest BCUT2D eigenvalue weighted by atomic mass is 16.4. The zero-order chi connectivity index (χ0) is 14.9. The van der Waals surface area contributed by atoms with Crippen LogP contribution in [0.1, 0.15) is 29.6 Å². The highest BCUT2D eigenvalue weighted by molar-refractivity contribution is 5.98. The fourth-order valence-corrected chi connectivity index (χ4v) is 2.53. The van der Waals surface area contributed by atoms with E-state index in [1.54, 1.807) is 18.2 Å². The topological polar surface area (TPSA) is 71.3 Å². The van der Waals surface area contributed by atoms with Crippen molar-refractivity contribution in [3.8, 4) is 5.69 Å². The zero-order valence-corrected chi connectivity index (χ0v) is 11.5. The molecule has 108 valence electrons. The van der Waals surface area contributed by atoms with E-state index < -0.39 is 11.5 Å². The molecule has 1 aromatic heterocycles. The first kappa shape index (κ1) is 13.4. The summed E-state index contributed by atoms with van der Waals surface area (Å²) in [6, 6.07) is 10.9. The lowest BCUT2D eigenvalue weighted by atomic mass is 9.76. The summed E-state index contributed by atoms with van der Waals surface area (Å²) in [5.74, 6) is -1.30. The van der Waals surface area contributed by atoms with Gasteiger partial charge in [0.2, 0.25) is 0 Å². The second kappa shape index (κ2) is 5.09. The molecule has 5 heteroatoms. The third-order valence-corrected chi connectivity index (χ3v) is 3.98. The minimum Gasteiger partial charge on any atom is -0.480 e. The number of nitrogens with one attached hydrogen (secondary N) is 1. The first-order chi connectivity index (χ1) is 10.1. The van der Waals surface area contributed by atoms with E-state index in [2.05, 4.69) is 5.32 Å². The van der Waals surface area contributed by atoms with Gasteiger partial charge in [-0.2, -0.15) is 0 Å². The number of amides is 1. The van der Waals surface area contributed by atoms with Gasteiger partial charge in [0.25, 0.3) is 5.91 Å². The van der Waals surface area contributed by atoms with Crippen LogP contribution in [-0.4, -0.2) is 27.1 Å². The van der Waals surface area contributed by atoms with Crippen LogP contribution < -0.4 is 5.32 Å². The van der Waals surface area contributed by atoms with Crippen LogP contribution in [0, 0.1) is 0 Å². The number of carbonyl (C=O) groups excluding carboxylic acids is 1. The molecule has 3 rings (SSSR count). The molecule has 0 bridgehead atoms. The Labute approximate surface area is 122 Å². The van der Waals surface area contributed by atoms with Crippen LogP contribution in [0.3, 0.4) is 0 Å². The molecular formula is C16H16N2O3. The fourth-order valence-electron chi connectivity index (χ4n) is 2.53. The van der Waals surface area contributed by atoms with Crippen molar-refractivity contribution in [2.75, 3.05) is 0 Å². The number of carbonyl (C=O) groups is 2. The van der Waals surface area contributed by atoms with E-state index in [4.69, 9.17) is 0 Å². The predicted molar refractivity (Wildman–Crippen MR) is 77.5 cm³/mol. The maximum Gasteiger partial charge on any atom is 0.329 e. The van der Waals surface area contributed by atoms with Crippen molar-refractivity contribution in [2.24, 2.45) is 0 Å². The smallest absolute Gasteiger partial charge is 0.329 e. The summed E-state index contributed by atoms with van der Waals surface area (Å²) in [4.78, 5) is 23.6. The van der Waals surface area contributed by atoms with Crippen molar-refractivity contribution < 1.29 is 14.7 Å². The summed E-state index contributed by atoms with van der Waals surface area (Å²) in [7, 11) is 0. The summed E-state index contributed by atoms with van der Waals surface area (Å²) in [6.45, 7) is 0. The molecule has 5 nitrogen and oxygen atoms in total. The molecule has 1 aromatic carbocycles. The number of aliphatic carboxylic acids is 1. The van der Waals surface area contributed by atoms with Gasteiger partial charge in [-0.3, -0.25) is 4.79 Å². The average Bonchev–Trinajstić information content (AvgIpc) is 2.96. The Bertz CT molecular complexity index is 673. The highest BCUT2D eigenvalue weighted by Crippen LogP contribution is 2.32. The summed E-state index contributed by atoms with van der Waals surface area (Å²) in [6.07, 6.45) is 5.59. The maximum atomic E-state index is 12.3. The molecule has 0 aliphatic heterocycles. The van der Waals surface area contributed by atoms with Gasteiger partial charge in [-0.05, 0) is 49.6 Å². The van der Waals surface area contributed by atoms with E-state index in [9.17, 15) is 14.7 Å². The number of aromatic nitrogens is 1. The van der Waals surface area contributed by atoms with Gasteiger partial charge in [-0.15, -0.1) is 0 Å². The molecule has 0 unspecified atom stereocenters. The zero-order valence-electron chi connectivity index (χ0n) is 11.5. The first-order valence-corrected chi connectivity index (χ1v) is 6.90. The van der Waals surface area contributed by atoms with Gasteiger partial charge in [0.05, 0.1) is 0 Å². The largest absolute Gasteiger partial charge is 0.480 e. The lowest BCUT2D eigenvalue weighted by molar-refractivity contribution is -0.148. The molecule has 2 N–H and O–H groups in total. The van der Waals surface area contributed by atoms with Gasteiger partial charge in [-0.25, -0.2) is 4.79 Å². The Hall–Kier alpha value is -2.56. The fraction of sp³-hybridized carbons (Fsp3) is 0.250. The Morgan fingerprint density at radius 3 is 2.43 bits per heavy atom. The minimum absolute atomic E-state index is 0.342. The van der Waals surface area contributed by atoms with Crippen LogP contribution >= 0.6 is 0 Å². The van der Waals surface area contributed by atoms with Crippen LogP contribution in [0.2, 0.25) is 0 Å². The van der Waals surface area contributed by atoms with Crippen LogP contribution in [0.15, 0.2) is 48.8 Å². The normalized spacial score (nSPS) is 16.0. The first-order valence-electron chi connectivity index (χ1n) is 6.90. The SMILES string of the molecule is O=C(NC1(C(=O)O)CCC1)c1cccc(-n2cccc2)c1. The van der Waals surface area contributed by atoms with Crippen molar-refractivity contribution in [1.29, 1.82) is 0 Å². The number of benzene rings is 1. The monoisotopic (exact) mass is 284 g/mol. The Balaban J connectivity index is 1.82. The van der Waals surface area contributed by atoms with E-state index in [-0.39, 0.29) is 5.91 Å². The van der Waals surface area contributed by atoms with E-state index in [0.717, 1.165) is 12.1 Å². The second-order valence-corrected chi connectivity index (χ2v) is 5.34. The molecule has 0 radical (unpaired) electrons. The third-order valence-electron chi connectivity index (χ3n) is 3.98. The van der Waals surface area contributed by atoms with Gasteiger partial charge < -0.3 is 15.0 Å². The summed E-state index contributed by atoms with van der Waals surface area (Å²) in [5, 5.41) is 11.9. The molecule has 2 aromatic rings. The predicted octanol–water partition coefficient (Wildman–Crippen LogP) is 2.21. The molecule has 1 fully saturated rings. The van der Waals surface area contributed by atoms with Crippen molar-refractivity contribution in [3.63, 3.8) is 0 Å². The number of hydrogen-bond donors (Lipinski definition) is 2. The van der Waals surface area contributed by atoms with Crippen LogP contribution in [0.25, 0.3) is 5.69 Å². The molecule has 0 spiro atoms. The Kier molecular flexibility index (Phi) is 3.25. The number of hydrogen-bond acceptors (Lipinski definition) is 2. The summed E-state index contributed by atoms with van der Waals surface area (Å²) in [5.41, 5.74) is 0.250. The molecule has 1 heterocycles. The quantitative estimate of drug-likeness (QED) is 0.904. The number of rotatable bonds is 4. The summed E-state index contributed by atoms with van der Waals surface area (Å²) < 4.78 is 1.90. The lowest BCUT2D eigenvalue weighted by Crippen LogP contribution is -2.59.